The molecule has 0 aromatic carbocycles. The Labute approximate surface area is 79.5 Å². The second-order valence-corrected chi connectivity index (χ2v) is 2.86. The maximum atomic E-state index is 11.1. The second-order valence-electron chi connectivity index (χ2n) is 2.86. The number of carbonyl (C=O) groups is 2. The number of ether oxygens (including phenoxy) is 1. The lowest BCUT2D eigenvalue weighted by Crippen LogP contribution is -2.25. The van der Waals surface area contributed by atoms with Crippen molar-refractivity contribution in [2.75, 3.05) is 6.61 Å². The Morgan fingerprint density at radius 1 is 1.31 bits per heavy atom. The smallest absolute Gasteiger partial charge is 0.319 e. The Hall–Kier alpha value is -0.860. The van der Waals surface area contributed by atoms with Crippen molar-refractivity contribution in [2.24, 2.45) is 5.41 Å². The molecule has 0 aliphatic heterocycles. The summed E-state index contributed by atoms with van der Waals surface area (Å²) in [4.78, 5) is 22.1. The van der Waals surface area contributed by atoms with E-state index < -0.39 is 5.41 Å². The van der Waals surface area contributed by atoms with Gasteiger partial charge >= 0.3 is 5.97 Å². The first-order valence-electron chi connectivity index (χ1n) is 4.82. The molecule has 0 amide bonds. The van der Waals surface area contributed by atoms with Gasteiger partial charge in [0.25, 0.3) is 0 Å². The number of hydrogen-bond donors (Lipinski definition) is 0. The molecule has 1 rings (SSSR count). The molecule has 0 radical (unpaired) electrons. The van der Waals surface area contributed by atoms with Crippen molar-refractivity contribution < 1.29 is 14.3 Å². The van der Waals surface area contributed by atoms with Gasteiger partial charge in [-0.1, -0.05) is 13.8 Å². The summed E-state index contributed by atoms with van der Waals surface area (Å²) in [6.07, 6.45) is 1.34. The highest BCUT2D eigenvalue weighted by molar-refractivity contribution is 6.05. The molecule has 1 aliphatic rings. The molecule has 0 spiro atoms. The van der Waals surface area contributed by atoms with Gasteiger partial charge in [0.2, 0.25) is 0 Å². The minimum atomic E-state index is -0.740. The van der Waals surface area contributed by atoms with E-state index in [4.69, 9.17) is 4.74 Å². The van der Waals surface area contributed by atoms with Crippen LogP contribution in [0.2, 0.25) is 0 Å². The van der Waals surface area contributed by atoms with Crippen molar-refractivity contribution >= 4 is 11.8 Å². The monoisotopic (exact) mass is 186 g/mol. The van der Waals surface area contributed by atoms with Gasteiger partial charge < -0.3 is 4.74 Å². The van der Waals surface area contributed by atoms with Crippen LogP contribution in [-0.2, 0) is 14.3 Å². The second kappa shape index (κ2) is 5.00. The molecule has 0 heterocycles. The van der Waals surface area contributed by atoms with Crippen LogP contribution in [0.25, 0.3) is 0 Å². The van der Waals surface area contributed by atoms with Crippen molar-refractivity contribution in [2.45, 2.75) is 40.5 Å². The maximum absolute atomic E-state index is 11.1. The van der Waals surface area contributed by atoms with Gasteiger partial charge in [-0.25, -0.2) is 0 Å². The van der Waals surface area contributed by atoms with E-state index in [0.29, 0.717) is 19.4 Å². The molecular formula is C10H18O3. The molecular weight excluding hydrogens is 168 g/mol. The molecule has 1 aliphatic carbocycles. The van der Waals surface area contributed by atoms with Crippen LogP contribution >= 0.6 is 0 Å². The largest absolute Gasteiger partial charge is 0.465 e. The average molecular weight is 186 g/mol. The topological polar surface area (TPSA) is 43.4 Å². The number of hydrogen-bond acceptors (Lipinski definition) is 3. The van der Waals surface area contributed by atoms with E-state index in [1.807, 2.05) is 13.8 Å². The molecule has 1 saturated carbocycles. The number of carbonyl (C=O) groups excluding carboxylic acids is 2. The molecule has 1 fully saturated rings. The molecule has 0 N–H and O–H groups in total. The van der Waals surface area contributed by atoms with Crippen LogP contribution in [0.15, 0.2) is 0 Å². The summed E-state index contributed by atoms with van der Waals surface area (Å²) in [6.45, 7) is 7.55. The molecule has 76 valence electrons. The molecule has 3 heteroatoms. The zero-order chi connectivity index (χ0) is 10.5. The van der Waals surface area contributed by atoms with Crippen LogP contribution in [0.4, 0.5) is 0 Å². The van der Waals surface area contributed by atoms with Gasteiger partial charge in [0.1, 0.15) is 11.2 Å². The molecule has 3 nitrogen and oxygen atoms in total. The van der Waals surface area contributed by atoms with Gasteiger partial charge in [0.05, 0.1) is 6.61 Å². The summed E-state index contributed by atoms with van der Waals surface area (Å²) in [6, 6.07) is 0. The Morgan fingerprint density at radius 2 is 1.77 bits per heavy atom. The molecule has 0 bridgehead atoms. The summed E-state index contributed by atoms with van der Waals surface area (Å²) in [5.74, 6) is -0.400. The van der Waals surface area contributed by atoms with Crippen LogP contribution in [-0.4, -0.2) is 18.4 Å². The van der Waals surface area contributed by atoms with Crippen LogP contribution in [0.3, 0.4) is 0 Å². The third-order valence-electron chi connectivity index (χ3n) is 2.09. The predicted octanol–water partition coefficient (Wildman–Crippen LogP) is 1.94. The Kier molecular flexibility index (Phi) is 4.67. The fraction of sp³-hybridized carbons (Fsp3) is 0.800. The molecule has 0 saturated heterocycles. The summed E-state index contributed by atoms with van der Waals surface area (Å²) in [5.41, 5.74) is -0.740. The fourth-order valence-corrected chi connectivity index (χ4v) is 1.09. The highest BCUT2D eigenvalue weighted by Gasteiger charge is 2.55. The minimum Gasteiger partial charge on any atom is -0.465 e. The van der Waals surface area contributed by atoms with E-state index in [9.17, 15) is 9.59 Å². The Bertz CT molecular complexity index is 192. The average Bonchev–Trinajstić information content (AvgIpc) is 2.88. The summed E-state index contributed by atoms with van der Waals surface area (Å²) in [5, 5.41) is 0. The van der Waals surface area contributed by atoms with Gasteiger partial charge in [0, 0.05) is 0 Å². The van der Waals surface area contributed by atoms with Crippen molar-refractivity contribution in [1.29, 1.82) is 0 Å². The summed E-state index contributed by atoms with van der Waals surface area (Å²) < 4.78 is 4.77. The van der Waals surface area contributed by atoms with Crippen LogP contribution in [0.1, 0.15) is 40.5 Å². The zero-order valence-electron chi connectivity index (χ0n) is 8.85. The van der Waals surface area contributed by atoms with Gasteiger partial charge in [0.15, 0.2) is 0 Å². The highest BCUT2D eigenvalue weighted by atomic mass is 16.5. The lowest BCUT2D eigenvalue weighted by atomic mass is 10.0. The standard InChI is InChI=1S/C8H12O3.C2H6/c1-3-11-7(10)8(4-5-8)6(2)9;1-2/h3-5H2,1-2H3;1-2H3. The van der Waals surface area contributed by atoms with E-state index in [0.717, 1.165) is 0 Å². The molecule has 0 aromatic rings. The maximum Gasteiger partial charge on any atom is 0.319 e. The lowest BCUT2D eigenvalue weighted by molar-refractivity contribution is -0.153. The molecule has 13 heavy (non-hydrogen) atoms. The molecule has 0 aromatic heterocycles. The number of esters is 1. The summed E-state index contributed by atoms with van der Waals surface area (Å²) >= 11 is 0. The van der Waals surface area contributed by atoms with Gasteiger partial charge in [-0.15, -0.1) is 0 Å². The van der Waals surface area contributed by atoms with Crippen molar-refractivity contribution in [3.05, 3.63) is 0 Å². The molecule has 0 unspecified atom stereocenters. The predicted molar refractivity (Wildman–Crippen MR) is 50.3 cm³/mol. The lowest BCUT2D eigenvalue weighted by Gasteiger charge is -2.08. The van der Waals surface area contributed by atoms with Crippen LogP contribution in [0.5, 0.6) is 0 Å². The first-order valence-corrected chi connectivity index (χ1v) is 4.82. The third-order valence-corrected chi connectivity index (χ3v) is 2.09. The van der Waals surface area contributed by atoms with E-state index >= 15 is 0 Å². The fourth-order valence-electron chi connectivity index (χ4n) is 1.09. The van der Waals surface area contributed by atoms with E-state index in [2.05, 4.69) is 0 Å². The van der Waals surface area contributed by atoms with E-state index in [-0.39, 0.29) is 11.8 Å². The first kappa shape index (κ1) is 12.1. The Balaban J connectivity index is 0.000000671. The highest BCUT2D eigenvalue weighted by Crippen LogP contribution is 2.47. The normalized spacial score (nSPS) is 16.6. The van der Waals surface area contributed by atoms with Crippen LogP contribution in [0, 0.1) is 5.41 Å². The van der Waals surface area contributed by atoms with Gasteiger partial charge in [-0.3, -0.25) is 9.59 Å². The SMILES string of the molecule is CC.CCOC(=O)C1(C(C)=O)CC1. The van der Waals surface area contributed by atoms with Gasteiger partial charge in [-0.2, -0.15) is 0 Å². The van der Waals surface area contributed by atoms with E-state index in [1.165, 1.54) is 6.92 Å². The number of ketones is 1. The van der Waals surface area contributed by atoms with Crippen molar-refractivity contribution in [3.63, 3.8) is 0 Å². The van der Waals surface area contributed by atoms with Crippen molar-refractivity contribution in [3.8, 4) is 0 Å². The van der Waals surface area contributed by atoms with Gasteiger partial charge in [-0.05, 0) is 26.7 Å². The number of Topliss-reactive ketones (excluding diaryl/α,β-unsaturated/α-hetero) is 1. The first-order chi connectivity index (χ1) is 6.13. The van der Waals surface area contributed by atoms with Crippen molar-refractivity contribution in [1.82, 2.24) is 0 Å². The van der Waals surface area contributed by atoms with E-state index in [1.54, 1.807) is 6.92 Å². The quantitative estimate of drug-likeness (QED) is 0.499. The minimum absolute atomic E-state index is 0.0593. The number of rotatable bonds is 3. The summed E-state index contributed by atoms with van der Waals surface area (Å²) in [7, 11) is 0. The van der Waals surface area contributed by atoms with Crippen LogP contribution < -0.4 is 0 Å². The zero-order valence-corrected chi connectivity index (χ0v) is 8.85. The molecule has 0 atom stereocenters. The third kappa shape index (κ3) is 2.54. The Morgan fingerprint density at radius 3 is 2.00 bits per heavy atom.